The molecule has 28 heavy (non-hydrogen) atoms. The van der Waals surface area contributed by atoms with Gasteiger partial charge in [-0.1, -0.05) is 12.1 Å². The van der Waals surface area contributed by atoms with E-state index in [2.05, 4.69) is 30.9 Å². The zero-order valence-electron chi connectivity index (χ0n) is 15.5. The molecule has 0 bridgehead atoms. The van der Waals surface area contributed by atoms with Crippen molar-refractivity contribution in [3.63, 3.8) is 0 Å². The lowest BCUT2D eigenvalue weighted by Crippen LogP contribution is -2.47. The Hall–Kier alpha value is -3.68. The van der Waals surface area contributed by atoms with Crippen molar-refractivity contribution >= 4 is 23.0 Å². The van der Waals surface area contributed by atoms with Crippen LogP contribution in [-0.4, -0.2) is 26.9 Å². The number of hydrogen-bond acceptors (Lipinski definition) is 4. The molecule has 0 spiro atoms. The number of urea groups is 1. The van der Waals surface area contributed by atoms with Crippen molar-refractivity contribution in [2.45, 2.75) is 26.4 Å². The Kier molecular flexibility index (Phi) is 4.52. The molecule has 0 aliphatic carbocycles. The average molecular weight is 376 g/mol. The molecule has 4 N–H and O–H groups in total. The largest absolute Gasteiger partial charge is 0.345 e. The second-order valence-corrected chi connectivity index (χ2v) is 6.74. The van der Waals surface area contributed by atoms with Gasteiger partial charge in [-0.15, -0.1) is 0 Å². The van der Waals surface area contributed by atoms with Gasteiger partial charge in [-0.25, -0.2) is 9.78 Å². The molecule has 1 atom stereocenters. The van der Waals surface area contributed by atoms with E-state index in [1.54, 1.807) is 25.4 Å². The zero-order chi connectivity index (χ0) is 19.7. The summed E-state index contributed by atoms with van der Waals surface area (Å²) < 4.78 is 0. The molecule has 0 radical (unpaired) electrons. The minimum atomic E-state index is -0.569. The van der Waals surface area contributed by atoms with Crippen molar-refractivity contribution in [1.29, 1.82) is 0 Å². The predicted molar refractivity (Wildman–Crippen MR) is 104 cm³/mol. The number of benzene rings is 1. The average Bonchev–Trinajstić information content (AvgIpc) is 3.08. The highest BCUT2D eigenvalue weighted by Gasteiger charge is 2.31. The van der Waals surface area contributed by atoms with E-state index in [1.165, 1.54) is 0 Å². The monoisotopic (exact) mass is 376 g/mol. The molecule has 0 fully saturated rings. The number of imidazole rings is 1. The van der Waals surface area contributed by atoms with E-state index in [4.69, 9.17) is 0 Å². The Bertz CT molecular complexity index is 1090. The van der Waals surface area contributed by atoms with Crippen LogP contribution < -0.4 is 16.0 Å². The number of aromatic nitrogens is 3. The number of nitrogens with zero attached hydrogens (tertiary/aromatic N) is 2. The number of pyridine rings is 1. The molecular formula is C20H20N6O2. The van der Waals surface area contributed by atoms with Gasteiger partial charge in [0.15, 0.2) is 0 Å². The molecule has 0 saturated heterocycles. The molecule has 1 aliphatic rings. The molecule has 142 valence electrons. The number of carbonyl (C=O) groups is 2. The normalized spacial score (nSPS) is 16.6. The third-order valence-electron chi connectivity index (χ3n) is 4.63. The number of aromatic amines is 1. The van der Waals surface area contributed by atoms with Crippen molar-refractivity contribution in [2.24, 2.45) is 0 Å². The van der Waals surface area contributed by atoms with Crippen LogP contribution in [0, 0.1) is 6.92 Å². The van der Waals surface area contributed by atoms with Crippen molar-refractivity contribution < 1.29 is 9.59 Å². The van der Waals surface area contributed by atoms with Crippen LogP contribution in [0.2, 0.25) is 0 Å². The fraction of sp³-hybridized carbons (Fsp3) is 0.200. The minimum Gasteiger partial charge on any atom is -0.345 e. The third-order valence-corrected chi connectivity index (χ3v) is 4.63. The molecule has 4 rings (SSSR count). The van der Waals surface area contributed by atoms with E-state index >= 15 is 0 Å². The van der Waals surface area contributed by atoms with Crippen molar-refractivity contribution in [1.82, 2.24) is 30.9 Å². The van der Waals surface area contributed by atoms with Crippen LogP contribution in [0.4, 0.5) is 4.79 Å². The molecule has 1 aliphatic heterocycles. The summed E-state index contributed by atoms with van der Waals surface area (Å²) in [5.41, 5.74) is 4.61. The van der Waals surface area contributed by atoms with Crippen molar-refractivity contribution in [3.05, 3.63) is 70.9 Å². The Morgan fingerprint density at radius 3 is 2.89 bits per heavy atom. The Morgan fingerprint density at radius 2 is 2.11 bits per heavy atom. The summed E-state index contributed by atoms with van der Waals surface area (Å²) in [6, 6.07) is 8.62. The first kappa shape index (κ1) is 17.7. The number of hydrogen-bond donors (Lipinski definition) is 4. The first-order valence-corrected chi connectivity index (χ1v) is 8.93. The highest BCUT2D eigenvalue weighted by atomic mass is 16.2. The molecule has 0 saturated carbocycles. The quantitative estimate of drug-likeness (QED) is 0.559. The number of fused-ring (bicyclic) bond motifs is 1. The van der Waals surface area contributed by atoms with Crippen molar-refractivity contribution in [2.75, 3.05) is 0 Å². The van der Waals surface area contributed by atoms with Gasteiger partial charge in [0.2, 0.25) is 0 Å². The second-order valence-electron chi connectivity index (χ2n) is 6.74. The number of carbonyl (C=O) groups excluding carboxylic acids is 2. The Morgan fingerprint density at radius 1 is 1.25 bits per heavy atom. The second kappa shape index (κ2) is 7.15. The summed E-state index contributed by atoms with van der Waals surface area (Å²) in [5.74, 6) is 0.383. The van der Waals surface area contributed by atoms with Gasteiger partial charge in [0.05, 0.1) is 29.2 Å². The summed E-state index contributed by atoms with van der Waals surface area (Å²) in [4.78, 5) is 36.6. The lowest BCUT2D eigenvalue weighted by molar-refractivity contribution is -0.118. The molecule has 3 heterocycles. The van der Waals surface area contributed by atoms with E-state index in [0.717, 1.165) is 22.2 Å². The predicted octanol–water partition coefficient (Wildman–Crippen LogP) is 2.21. The number of amides is 3. The molecule has 3 aromatic rings. The molecule has 8 nitrogen and oxygen atoms in total. The van der Waals surface area contributed by atoms with Crippen LogP contribution in [0.1, 0.15) is 29.9 Å². The summed E-state index contributed by atoms with van der Waals surface area (Å²) in [5, 5.41) is 8.34. The molecule has 3 amide bonds. The van der Waals surface area contributed by atoms with E-state index in [1.807, 2.05) is 31.2 Å². The number of aryl methyl sites for hydroxylation is 1. The van der Waals surface area contributed by atoms with E-state index in [9.17, 15) is 9.59 Å². The minimum absolute atomic E-state index is 0.247. The standard InChI is InChI=1S/C20H20N6O2/c1-11-5-6-14-15(8-11)25-16(24-14)10-22-19(27)17-12(2)23-20(28)26-18(17)13-4-3-7-21-9-13/h3-9,18H,10H2,1-2H3,(H,22,27)(H,24,25)(H2,23,26,28). The lowest BCUT2D eigenvalue weighted by atomic mass is 9.96. The molecule has 1 unspecified atom stereocenters. The maximum absolute atomic E-state index is 12.9. The number of allylic oxidation sites excluding steroid dienone is 1. The summed E-state index contributed by atoms with van der Waals surface area (Å²) in [6.45, 7) is 3.97. The maximum atomic E-state index is 12.9. The molecular weight excluding hydrogens is 356 g/mol. The van der Waals surface area contributed by atoms with Gasteiger partial charge in [-0.2, -0.15) is 0 Å². The third kappa shape index (κ3) is 3.44. The van der Waals surface area contributed by atoms with Crippen molar-refractivity contribution in [3.8, 4) is 0 Å². The molecule has 2 aromatic heterocycles. The highest BCUT2D eigenvalue weighted by molar-refractivity contribution is 5.98. The van der Waals surface area contributed by atoms with Crippen LogP contribution in [-0.2, 0) is 11.3 Å². The van der Waals surface area contributed by atoms with Crippen LogP contribution in [0.5, 0.6) is 0 Å². The smallest absolute Gasteiger partial charge is 0.319 e. The summed E-state index contributed by atoms with van der Waals surface area (Å²) in [7, 11) is 0. The number of rotatable bonds is 4. The first-order valence-electron chi connectivity index (χ1n) is 8.93. The highest BCUT2D eigenvalue weighted by Crippen LogP contribution is 2.26. The van der Waals surface area contributed by atoms with Gasteiger partial charge in [0.1, 0.15) is 5.82 Å². The topological polar surface area (TPSA) is 112 Å². The van der Waals surface area contributed by atoms with Crippen LogP contribution in [0.3, 0.4) is 0 Å². The Balaban J connectivity index is 1.56. The van der Waals surface area contributed by atoms with E-state index < -0.39 is 6.04 Å². The van der Waals surface area contributed by atoms with Crippen LogP contribution in [0.15, 0.2) is 54.0 Å². The maximum Gasteiger partial charge on any atom is 0.319 e. The van der Waals surface area contributed by atoms with Gasteiger partial charge in [0, 0.05) is 18.1 Å². The fourth-order valence-corrected chi connectivity index (χ4v) is 3.31. The van der Waals surface area contributed by atoms with Gasteiger partial charge in [-0.3, -0.25) is 9.78 Å². The SMILES string of the molecule is CC1=C(C(=O)NCc2nc3ccc(C)cc3[nH]2)C(c2cccnc2)NC(=O)N1. The fourth-order valence-electron chi connectivity index (χ4n) is 3.31. The molecule has 1 aromatic carbocycles. The van der Waals surface area contributed by atoms with Gasteiger partial charge >= 0.3 is 6.03 Å². The summed E-state index contributed by atoms with van der Waals surface area (Å²) in [6.07, 6.45) is 3.28. The molecule has 8 heteroatoms. The van der Waals surface area contributed by atoms with Gasteiger partial charge < -0.3 is 20.9 Å². The number of H-pyrrole nitrogens is 1. The zero-order valence-corrected chi connectivity index (χ0v) is 15.5. The lowest BCUT2D eigenvalue weighted by Gasteiger charge is -2.28. The van der Waals surface area contributed by atoms with Crippen LogP contribution in [0.25, 0.3) is 11.0 Å². The van der Waals surface area contributed by atoms with Gasteiger partial charge in [-0.05, 0) is 43.2 Å². The Labute approximate surface area is 161 Å². The van der Waals surface area contributed by atoms with E-state index in [-0.39, 0.29) is 18.5 Å². The van der Waals surface area contributed by atoms with Gasteiger partial charge in [0.25, 0.3) is 5.91 Å². The van der Waals surface area contributed by atoms with E-state index in [0.29, 0.717) is 17.1 Å². The number of nitrogens with one attached hydrogen (secondary N) is 4. The van der Waals surface area contributed by atoms with Crippen LogP contribution >= 0.6 is 0 Å². The first-order chi connectivity index (χ1) is 13.5. The summed E-state index contributed by atoms with van der Waals surface area (Å²) >= 11 is 0.